The summed E-state index contributed by atoms with van der Waals surface area (Å²) in [4.78, 5) is 36.8. The fourth-order valence-corrected chi connectivity index (χ4v) is 6.01. The summed E-state index contributed by atoms with van der Waals surface area (Å²) in [6, 6.07) is -0.731. The predicted molar refractivity (Wildman–Crippen MR) is 222 cm³/mol. The topological polar surface area (TPSA) is 102 Å². The first-order valence-corrected chi connectivity index (χ1v) is 21.7. The molecule has 8 heteroatoms. The zero-order valence-corrected chi connectivity index (χ0v) is 35.4. The molecule has 8 nitrogen and oxygen atoms in total. The summed E-state index contributed by atoms with van der Waals surface area (Å²) in [5.74, 6) is -1.77. The van der Waals surface area contributed by atoms with E-state index in [9.17, 15) is 19.5 Å². The summed E-state index contributed by atoms with van der Waals surface area (Å²) in [6.45, 7) is 4.57. The maximum absolute atomic E-state index is 12.7. The van der Waals surface area contributed by atoms with E-state index in [4.69, 9.17) is 14.2 Å². The van der Waals surface area contributed by atoms with Crippen LogP contribution < -0.4 is 5.11 Å². The van der Waals surface area contributed by atoms with Gasteiger partial charge in [0, 0.05) is 19.3 Å². The zero-order chi connectivity index (χ0) is 40.0. The van der Waals surface area contributed by atoms with Crippen LogP contribution in [0.5, 0.6) is 0 Å². The number of hydrogen-bond donors (Lipinski definition) is 0. The van der Waals surface area contributed by atoms with Crippen LogP contribution >= 0.6 is 0 Å². The van der Waals surface area contributed by atoms with Crippen molar-refractivity contribution in [1.82, 2.24) is 0 Å². The molecule has 0 amide bonds. The summed E-state index contributed by atoms with van der Waals surface area (Å²) < 4.78 is 17.1. The number of carboxylic acid groups (broad SMARTS) is 1. The van der Waals surface area contributed by atoms with Crippen molar-refractivity contribution in [2.45, 2.75) is 187 Å². The number of likely N-dealkylation sites (N-methyl/N-ethyl adjacent to an activating group) is 1. The Bertz CT molecular complexity index is 1030. The highest BCUT2D eigenvalue weighted by Crippen LogP contribution is 2.13. The second kappa shape index (κ2) is 37.2. The molecule has 0 aliphatic rings. The zero-order valence-electron chi connectivity index (χ0n) is 35.4. The maximum atomic E-state index is 12.7. The molecule has 0 fully saturated rings. The minimum atomic E-state index is -1.13. The van der Waals surface area contributed by atoms with E-state index in [1.807, 2.05) is 0 Å². The lowest BCUT2D eigenvalue weighted by Crippen LogP contribution is -2.55. The van der Waals surface area contributed by atoms with Crippen molar-refractivity contribution in [3.05, 3.63) is 48.6 Å². The summed E-state index contributed by atoms with van der Waals surface area (Å²) in [6.07, 6.45) is 42.7. The third kappa shape index (κ3) is 35.0. The molecule has 2 unspecified atom stereocenters. The van der Waals surface area contributed by atoms with Gasteiger partial charge in [-0.1, -0.05) is 127 Å². The largest absolute Gasteiger partial charge is 0.544 e. The number of carboxylic acids is 1. The minimum absolute atomic E-state index is 0.0296. The molecule has 0 aromatic heterocycles. The summed E-state index contributed by atoms with van der Waals surface area (Å²) in [5, 5.41) is 11.6. The molecule has 0 rings (SSSR count). The van der Waals surface area contributed by atoms with Crippen molar-refractivity contribution in [2.24, 2.45) is 0 Å². The number of carbonyl (C=O) groups excluding carboxylic acids is 3. The molecular weight excluding hydrogens is 679 g/mol. The number of allylic oxidation sites excluding steroid dienone is 8. The molecule has 0 heterocycles. The van der Waals surface area contributed by atoms with Gasteiger partial charge in [-0.3, -0.25) is 9.59 Å². The van der Waals surface area contributed by atoms with E-state index in [1.165, 1.54) is 51.4 Å². The van der Waals surface area contributed by atoms with Gasteiger partial charge < -0.3 is 28.6 Å². The maximum Gasteiger partial charge on any atom is 0.306 e. The summed E-state index contributed by atoms with van der Waals surface area (Å²) >= 11 is 0. The molecule has 0 spiro atoms. The molecule has 0 bridgehead atoms. The van der Waals surface area contributed by atoms with Crippen LogP contribution in [0, 0.1) is 0 Å². The number of esters is 2. The van der Waals surface area contributed by atoms with Gasteiger partial charge in [0.15, 0.2) is 6.10 Å². The van der Waals surface area contributed by atoms with Gasteiger partial charge in [-0.05, 0) is 77.0 Å². The Kier molecular flexibility index (Phi) is 35.4. The van der Waals surface area contributed by atoms with Gasteiger partial charge in [-0.2, -0.15) is 0 Å². The molecule has 0 radical (unpaired) electrons. The van der Waals surface area contributed by atoms with Gasteiger partial charge in [-0.15, -0.1) is 0 Å². The van der Waals surface area contributed by atoms with Crippen molar-refractivity contribution in [1.29, 1.82) is 0 Å². The SMILES string of the molecule is CCCCC/C=C\C/C=C\CCCCCCCC(=O)OCC(COCCC(C(=O)[O-])[N+](C)(C)C)OC(=O)CCCCCCC/C=C\C/C=C\CCCCC. The molecule has 0 N–H and O–H groups in total. The van der Waals surface area contributed by atoms with E-state index in [2.05, 4.69) is 62.5 Å². The second-order valence-electron chi connectivity index (χ2n) is 15.6. The van der Waals surface area contributed by atoms with Crippen LogP contribution in [-0.2, 0) is 28.6 Å². The lowest BCUT2D eigenvalue weighted by atomic mass is 10.1. The first-order valence-electron chi connectivity index (χ1n) is 21.7. The van der Waals surface area contributed by atoms with Gasteiger partial charge in [0.05, 0.1) is 40.3 Å². The Labute approximate surface area is 331 Å². The first-order chi connectivity index (χ1) is 26.1. The molecule has 2 atom stereocenters. The van der Waals surface area contributed by atoms with E-state index in [-0.39, 0.29) is 42.7 Å². The summed E-state index contributed by atoms with van der Waals surface area (Å²) in [7, 11) is 5.39. The molecule has 0 aromatic rings. The molecule has 0 saturated heterocycles. The molecule has 54 heavy (non-hydrogen) atoms. The Hall–Kier alpha value is -2.71. The fourth-order valence-electron chi connectivity index (χ4n) is 6.01. The van der Waals surface area contributed by atoms with E-state index in [0.717, 1.165) is 89.9 Å². The van der Waals surface area contributed by atoms with Crippen molar-refractivity contribution in [3.8, 4) is 0 Å². The third-order valence-corrected chi connectivity index (χ3v) is 9.44. The summed E-state index contributed by atoms with van der Waals surface area (Å²) in [5.41, 5.74) is 0. The van der Waals surface area contributed by atoms with Gasteiger partial charge in [0.25, 0.3) is 0 Å². The van der Waals surface area contributed by atoms with Crippen molar-refractivity contribution >= 4 is 17.9 Å². The van der Waals surface area contributed by atoms with Crippen molar-refractivity contribution < 1.29 is 38.2 Å². The molecule has 0 aromatic carbocycles. The molecular formula is C46H81NO7. The second-order valence-corrected chi connectivity index (χ2v) is 15.6. The van der Waals surface area contributed by atoms with Crippen molar-refractivity contribution in [2.75, 3.05) is 41.0 Å². The van der Waals surface area contributed by atoms with Crippen LogP contribution in [0.4, 0.5) is 0 Å². The lowest BCUT2D eigenvalue weighted by molar-refractivity contribution is -0.889. The number of nitrogens with zero attached hydrogens (tertiary/aromatic N) is 1. The van der Waals surface area contributed by atoms with Crippen LogP contribution in [0.15, 0.2) is 48.6 Å². The fraction of sp³-hybridized carbons (Fsp3) is 0.761. The number of quaternary nitrogens is 1. The molecule has 0 aliphatic carbocycles. The Balaban J connectivity index is 4.41. The van der Waals surface area contributed by atoms with E-state index >= 15 is 0 Å². The number of aliphatic carboxylic acids is 1. The standard InChI is InChI=1S/C46H81NO7/c1-6-8-10-12-14-16-18-20-22-24-26-28-30-32-34-36-44(48)53-41-42(40-52-39-38-43(46(50)51)47(3,4)5)54-45(49)37-35-33-31-29-27-25-23-21-19-17-15-13-11-9-7-2/h14-17,20-23,42-43H,6-13,18-19,24-41H2,1-5H3/b16-14-,17-15-,22-20-,23-21-. The lowest BCUT2D eigenvalue weighted by Gasteiger charge is -2.34. The highest BCUT2D eigenvalue weighted by atomic mass is 16.6. The van der Waals surface area contributed by atoms with E-state index in [0.29, 0.717) is 12.8 Å². The van der Waals surface area contributed by atoms with Crippen molar-refractivity contribution in [3.63, 3.8) is 0 Å². The van der Waals surface area contributed by atoms with Gasteiger partial charge in [0.2, 0.25) is 0 Å². The van der Waals surface area contributed by atoms with E-state index in [1.54, 1.807) is 21.1 Å². The van der Waals surface area contributed by atoms with Crippen LogP contribution in [0.25, 0.3) is 0 Å². The smallest absolute Gasteiger partial charge is 0.306 e. The monoisotopic (exact) mass is 760 g/mol. The molecule has 312 valence electrons. The Morgan fingerprint density at radius 2 is 0.981 bits per heavy atom. The normalized spacial score (nSPS) is 13.4. The quantitative estimate of drug-likeness (QED) is 0.0267. The minimum Gasteiger partial charge on any atom is -0.544 e. The number of rotatable bonds is 38. The van der Waals surface area contributed by atoms with Crippen LogP contribution in [0.2, 0.25) is 0 Å². The Morgan fingerprint density at radius 3 is 1.43 bits per heavy atom. The number of carbonyl (C=O) groups is 3. The number of hydrogen-bond acceptors (Lipinski definition) is 7. The van der Waals surface area contributed by atoms with E-state index < -0.39 is 18.1 Å². The highest BCUT2D eigenvalue weighted by molar-refractivity contribution is 5.70. The Morgan fingerprint density at radius 1 is 0.556 bits per heavy atom. The third-order valence-electron chi connectivity index (χ3n) is 9.44. The highest BCUT2D eigenvalue weighted by Gasteiger charge is 2.25. The van der Waals surface area contributed by atoms with Crippen LogP contribution in [0.1, 0.15) is 174 Å². The molecule has 0 aliphatic heterocycles. The number of unbranched alkanes of at least 4 members (excludes halogenated alkanes) is 16. The average molecular weight is 760 g/mol. The number of ether oxygens (including phenoxy) is 3. The van der Waals surface area contributed by atoms with Gasteiger partial charge >= 0.3 is 11.9 Å². The predicted octanol–water partition coefficient (Wildman–Crippen LogP) is 10.3. The average Bonchev–Trinajstić information content (AvgIpc) is 3.12. The van der Waals surface area contributed by atoms with Crippen LogP contribution in [0.3, 0.4) is 0 Å². The van der Waals surface area contributed by atoms with Gasteiger partial charge in [-0.25, -0.2) is 0 Å². The molecule has 0 saturated carbocycles. The van der Waals surface area contributed by atoms with Crippen LogP contribution in [-0.4, -0.2) is 75.5 Å². The van der Waals surface area contributed by atoms with Gasteiger partial charge in [0.1, 0.15) is 12.6 Å². The first kappa shape index (κ1) is 51.3.